The number of hydrogen-bond acceptors (Lipinski definition) is 6. The molecule has 2 saturated carbocycles. The van der Waals surface area contributed by atoms with Crippen LogP contribution in [-0.4, -0.2) is 36.3 Å². The van der Waals surface area contributed by atoms with Gasteiger partial charge in [-0.05, 0) is 49.9 Å². The standard InChI is InChI=1S/C19H19NO6/c1-9(21)10-2-4-12(5-3-10)20-15(22)8-25-18(23)16-11-6-13-14(7-11)26-19(24)17(13)16/h2-5,11,13-14,16-17H,6-8H2,1H3,(H,20,22). The summed E-state index contributed by atoms with van der Waals surface area (Å²) in [4.78, 5) is 47.6. The monoisotopic (exact) mass is 357 g/mol. The number of ketones is 1. The third-order valence-electron chi connectivity index (χ3n) is 5.68. The van der Waals surface area contributed by atoms with Gasteiger partial charge in [-0.3, -0.25) is 19.2 Å². The number of nitrogens with one attached hydrogen (secondary N) is 1. The predicted octanol–water partition coefficient (Wildman–Crippen LogP) is 1.57. The van der Waals surface area contributed by atoms with Gasteiger partial charge in [0.15, 0.2) is 12.4 Å². The number of anilines is 1. The first-order valence-electron chi connectivity index (χ1n) is 8.72. The summed E-state index contributed by atoms with van der Waals surface area (Å²) in [6.07, 6.45) is 1.49. The van der Waals surface area contributed by atoms with Crippen molar-refractivity contribution in [1.82, 2.24) is 0 Å². The maximum Gasteiger partial charge on any atom is 0.310 e. The van der Waals surface area contributed by atoms with E-state index < -0.39 is 30.3 Å². The van der Waals surface area contributed by atoms with Crippen molar-refractivity contribution in [2.75, 3.05) is 11.9 Å². The highest BCUT2D eigenvalue weighted by molar-refractivity contribution is 5.96. The zero-order valence-corrected chi connectivity index (χ0v) is 14.3. The number of Topliss-reactive ketones (excluding diaryl/α,β-unsaturated/α-hetero) is 1. The normalized spacial score (nSPS) is 30.8. The molecule has 1 aliphatic heterocycles. The molecule has 0 radical (unpaired) electrons. The number of carbonyl (C=O) groups excluding carboxylic acids is 4. The summed E-state index contributed by atoms with van der Waals surface area (Å²) in [5.41, 5.74) is 1.06. The van der Waals surface area contributed by atoms with Crippen LogP contribution in [0, 0.1) is 23.7 Å². The average molecular weight is 357 g/mol. The van der Waals surface area contributed by atoms with E-state index in [4.69, 9.17) is 9.47 Å². The van der Waals surface area contributed by atoms with Gasteiger partial charge >= 0.3 is 11.9 Å². The van der Waals surface area contributed by atoms with Crippen molar-refractivity contribution in [1.29, 1.82) is 0 Å². The zero-order chi connectivity index (χ0) is 18.4. The van der Waals surface area contributed by atoms with Crippen LogP contribution in [0.2, 0.25) is 0 Å². The molecule has 1 aromatic carbocycles. The lowest BCUT2D eigenvalue weighted by Gasteiger charge is -2.22. The summed E-state index contributed by atoms with van der Waals surface area (Å²) in [7, 11) is 0. The van der Waals surface area contributed by atoms with Gasteiger partial charge in [-0.25, -0.2) is 0 Å². The van der Waals surface area contributed by atoms with E-state index in [1.165, 1.54) is 6.92 Å². The number of amides is 1. The van der Waals surface area contributed by atoms with E-state index in [2.05, 4.69) is 5.32 Å². The van der Waals surface area contributed by atoms with Crippen molar-refractivity contribution in [3.63, 3.8) is 0 Å². The Labute approximate surface area is 150 Å². The fraction of sp³-hybridized carbons (Fsp3) is 0.474. The van der Waals surface area contributed by atoms with E-state index in [0.29, 0.717) is 17.7 Å². The van der Waals surface area contributed by atoms with Gasteiger partial charge in [-0.15, -0.1) is 0 Å². The summed E-state index contributed by atoms with van der Waals surface area (Å²) in [5.74, 6) is -2.00. The van der Waals surface area contributed by atoms with Crippen molar-refractivity contribution in [3.05, 3.63) is 29.8 Å². The number of carbonyl (C=O) groups is 4. The minimum atomic E-state index is -0.498. The molecule has 2 aliphatic carbocycles. The second kappa shape index (κ2) is 6.23. The van der Waals surface area contributed by atoms with Crippen molar-refractivity contribution in [3.8, 4) is 0 Å². The summed E-state index contributed by atoms with van der Waals surface area (Å²) in [6, 6.07) is 6.45. The Hall–Kier alpha value is -2.70. The Morgan fingerprint density at radius 2 is 1.92 bits per heavy atom. The topological polar surface area (TPSA) is 98.8 Å². The van der Waals surface area contributed by atoms with E-state index in [-0.39, 0.29) is 29.7 Å². The molecule has 2 bridgehead atoms. The Morgan fingerprint density at radius 1 is 1.19 bits per heavy atom. The van der Waals surface area contributed by atoms with E-state index in [9.17, 15) is 19.2 Å². The molecule has 4 rings (SSSR count). The average Bonchev–Trinajstić information content (AvgIpc) is 3.22. The Kier molecular flexibility index (Phi) is 4.01. The largest absolute Gasteiger partial charge is 0.462 e. The van der Waals surface area contributed by atoms with E-state index in [1.54, 1.807) is 24.3 Å². The van der Waals surface area contributed by atoms with Crippen LogP contribution in [0.1, 0.15) is 30.1 Å². The van der Waals surface area contributed by atoms with Crippen molar-refractivity contribution in [2.45, 2.75) is 25.9 Å². The molecule has 136 valence electrons. The lowest BCUT2D eigenvalue weighted by molar-refractivity contribution is -0.157. The van der Waals surface area contributed by atoms with Gasteiger partial charge in [-0.2, -0.15) is 0 Å². The molecule has 5 atom stereocenters. The molecule has 0 spiro atoms. The van der Waals surface area contributed by atoms with Crippen LogP contribution in [0.3, 0.4) is 0 Å². The molecular formula is C19H19NO6. The SMILES string of the molecule is CC(=O)c1ccc(NC(=O)COC(=O)C2C3CC4OC(=O)C2C4C3)cc1. The Balaban J connectivity index is 1.31. The minimum Gasteiger partial charge on any atom is -0.462 e. The first-order valence-corrected chi connectivity index (χ1v) is 8.72. The van der Waals surface area contributed by atoms with Crippen LogP contribution in [0.4, 0.5) is 5.69 Å². The first kappa shape index (κ1) is 16.8. The number of ether oxygens (including phenoxy) is 2. The molecule has 3 aliphatic rings. The summed E-state index contributed by atoms with van der Waals surface area (Å²) >= 11 is 0. The maximum atomic E-state index is 12.4. The highest BCUT2D eigenvalue weighted by Gasteiger charge is 2.64. The molecule has 1 heterocycles. The molecule has 1 saturated heterocycles. The Morgan fingerprint density at radius 3 is 2.62 bits per heavy atom. The third kappa shape index (κ3) is 2.77. The van der Waals surface area contributed by atoms with Crippen LogP contribution in [0.25, 0.3) is 0 Å². The number of rotatable bonds is 5. The smallest absolute Gasteiger partial charge is 0.310 e. The van der Waals surface area contributed by atoms with Gasteiger partial charge in [0.2, 0.25) is 0 Å². The van der Waals surface area contributed by atoms with Crippen LogP contribution in [-0.2, 0) is 23.9 Å². The molecule has 1 amide bonds. The van der Waals surface area contributed by atoms with Gasteiger partial charge in [-0.1, -0.05) is 0 Å². The fourth-order valence-corrected chi connectivity index (χ4v) is 4.54. The highest BCUT2D eigenvalue weighted by atomic mass is 16.6. The van der Waals surface area contributed by atoms with Gasteiger partial charge < -0.3 is 14.8 Å². The molecule has 7 heteroatoms. The van der Waals surface area contributed by atoms with Gasteiger partial charge in [0.1, 0.15) is 6.10 Å². The second-order valence-electron chi connectivity index (χ2n) is 7.21. The summed E-state index contributed by atoms with van der Waals surface area (Å²) in [6.45, 7) is 1.05. The van der Waals surface area contributed by atoms with Crippen molar-refractivity contribution in [2.24, 2.45) is 23.7 Å². The molecule has 5 unspecified atom stereocenters. The van der Waals surface area contributed by atoms with Crippen LogP contribution in [0.5, 0.6) is 0 Å². The van der Waals surface area contributed by atoms with E-state index in [0.717, 1.165) is 6.42 Å². The van der Waals surface area contributed by atoms with Gasteiger partial charge in [0.25, 0.3) is 5.91 Å². The lowest BCUT2D eigenvalue weighted by Crippen LogP contribution is -2.34. The molecular weight excluding hydrogens is 338 g/mol. The van der Waals surface area contributed by atoms with Gasteiger partial charge in [0, 0.05) is 17.2 Å². The molecule has 7 nitrogen and oxygen atoms in total. The summed E-state index contributed by atoms with van der Waals surface area (Å²) < 4.78 is 10.5. The van der Waals surface area contributed by atoms with Crippen molar-refractivity contribution >= 4 is 29.3 Å². The minimum absolute atomic E-state index is 0.0391. The van der Waals surface area contributed by atoms with E-state index >= 15 is 0 Å². The quantitative estimate of drug-likeness (QED) is 0.634. The van der Waals surface area contributed by atoms with Crippen LogP contribution >= 0.6 is 0 Å². The molecule has 26 heavy (non-hydrogen) atoms. The summed E-state index contributed by atoms with van der Waals surface area (Å²) in [5, 5.41) is 2.61. The molecule has 0 aromatic heterocycles. The number of esters is 2. The van der Waals surface area contributed by atoms with Crippen LogP contribution < -0.4 is 5.32 Å². The second-order valence-corrected chi connectivity index (χ2v) is 7.21. The molecule has 3 fully saturated rings. The van der Waals surface area contributed by atoms with Crippen molar-refractivity contribution < 1.29 is 28.7 Å². The highest BCUT2D eigenvalue weighted by Crippen LogP contribution is 2.57. The fourth-order valence-electron chi connectivity index (χ4n) is 4.54. The van der Waals surface area contributed by atoms with E-state index in [1.807, 2.05) is 0 Å². The van der Waals surface area contributed by atoms with Crippen LogP contribution in [0.15, 0.2) is 24.3 Å². The maximum absolute atomic E-state index is 12.4. The van der Waals surface area contributed by atoms with Gasteiger partial charge in [0.05, 0.1) is 11.8 Å². The predicted molar refractivity (Wildman–Crippen MR) is 89.1 cm³/mol. The number of fused-ring (bicyclic) bond motifs is 1. The third-order valence-corrected chi connectivity index (χ3v) is 5.68. The molecule has 1 N–H and O–H groups in total. The number of hydrogen-bond donors (Lipinski definition) is 1. The molecule has 1 aromatic rings. The zero-order valence-electron chi connectivity index (χ0n) is 14.3. The Bertz CT molecular complexity index is 784. The number of benzene rings is 1. The lowest BCUT2D eigenvalue weighted by atomic mass is 9.80. The first-order chi connectivity index (χ1) is 12.4.